The van der Waals surface area contributed by atoms with E-state index < -0.39 is 87.7 Å². The second-order valence-electron chi connectivity index (χ2n) is 34.7. The van der Waals surface area contributed by atoms with Gasteiger partial charge in [0.05, 0.1) is 89.3 Å². The molecule has 22 nitrogen and oxygen atoms in total. The van der Waals surface area contributed by atoms with Gasteiger partial charge in [-0.2, -0.15) is 0 Å². The van der Waals surface area contributed by atoms with Gasteiger partial charge in [-0.15, -0.1) is 11.1 Å². The third kappa shape index (κ3) is 33.7. The average molecular weight is 1700 g/mol. The van der Waals surface area contributed by atoms with E-state index in [9.17, 15) is 28.8 Å². The number of para-hydroxylation sites is 1. The molecule has 0 radical (unpaired) electrons. The molecule has 4 N–H and O–H groups in total. The van der Waals surface area contributed by atoms with Gasteiger partial charge in [-0.25, -0.2) is 14.8 Å². The number of carboxylic acid groups (broad SMARTS) is 1. The van der Waals surface area contributed by atoms with Gasteiger partial charge in [0.1, 0.15) is 37.8 Å². The van der Waals surface area contributed by atoms with Crippen molar-refractivity contribution in [2.75, 3.05) is 85.8 Å². The summed E-state index contributed by atoms with van der Waals surface area (Å²) in [4.78, 5) is 95.2. The van der Waals surface area contributed by atoms with Crippen LogP contribution in [0.1, 0.15) is 177 Å². The lowest BCUT2D eigenvalue weighted by Crippen LogP contribution is -2.63. The lowest BCUT2D eigenvalue weighted by Gasteiger charge is -2.39. The van der Waals surface area contributed by atoms with Crippen LogP contribution in [0.5, 0.6) is 0 Å². The lowest BCUT2D eigenvalue weighted by atomic mass is 9.78. The van der Waals surface area contributed by atoms with Crippen molar-refractivity contribution in [3.05, 3.63) is 204 Å². The number of carbonyl (C=O) groups excluding carboxylic acids is 5. The Morgan fingerprint density at radius 2 is 0.967 bits per heavy atom. The second kappa shape index (κ2) is 51.9. The number of nitrogens with one attached hydrogen (secondary N) is 3. The van der Waals surface area contributed by atoms with Gasteiger partial charge in [-0.3, -0.25) is 24.0 Å². The SMILES string of the molecule is C(=NC1CCCCC1)=NC1CCCCC1.CC(C)(C)OC(=O)C[C@H](NC(=O)COCCOCCOCC#C[Si](c1ccccc1)(c1ccccc1)C(C)(C)C)C(=O)C[C@@H](Cc1cc2ccccc2[nH]1)C(=O)NC(C)(C)[C@@H](Cc1ccccc1)C(=O)CCCN=[N+]=[N-].CC(C)(C)[Si](C#CCOCCOCCOCC(=O)O)(c1ccccc1)c1ccccc1. The average Bonchev–Trinajstić information content (AvgIpc) is 0.787. The van der Waals surface area contributed by atoms with E-state index in [1.807, 2.05) is 84.9 Å². The monoisotopic (exact) mass is 1700 g/mol. The molecular weight excluding hydrogens is 1570 g/mol. The molecule has 1 aromatic heterocycles. The molecule has 1 heterocycles. The number of Topliss-reactive ketones (excluding diaryl/α,β-unsaturated/α-hetero) is 2. The summed E-state index contributed by atoms with van der Waals surface area (Å²) in [6.07, 6.45) is 13.3. The molecule has 6 aromatic carbocycles. The number of ether oxygens (including phenoxy) is 7. The highest BCUT2D eigenvalue weighted by atomic mass is 28.3. The molecule has 24 heteroatoms. The summed E-state index contributed by atoms with van der Waals surface area (Å²) in [6, 6.07) is 63.9. The minimum atomic E-state index is -2.55. The zero-order valence-electron chi connectivity index (χ0n) is 73.7. The number of hydrogen-bond donors (Lipinski definition) is 4. The number of azide groups is 1. The van der Waals surface area contributed by atoms with Gasteiger partial charge in [-0.1, -0.05) is 267 Å². The van der Waals surface area contributed by atoms with Gasteiger partial charge >= 0.3 is 11.9 Å². The Balaban J connectivity index is 0.000000358. The fraction of sp³-hybridized carbons (Fsp3) is 0.500. The molecule has 2 saturated carbocycles. The maximum absolute atomic E-state index is 14.7. The number of amides is 2. The summed E-state index contributed by atoms with van der Waals surface area (Å²) >= 11 is 0. The number of carbonyl (C=O) groups is 6. The highest BCUT2D eigenvalue weighted by Gasteiger charge is 2.49. The number of fused-ring (bicyclic) bond motifs is 1. The van der Waals surface area contributed by atoms with Crippen LogP contribution in [-0.4, -0.2) is 183 Å². The van der Waals surface area contributed by atoms with Crippen LogP contribution in [0.25, 0.3) is 21.3 Å². The highest BCUT2D eigenvalue weighted by molar-refractivity contribution is 7.10. The molecule has 2 aliphatic rings. The third-order valence-electron chi connectivity index (χ3n) is 21.7. The summed E-state index contributed by atoms with van der Waals surface area (Å²) in [5.41, 5.74) is 16.6. The van der Waals surface area contributed by atoms with E-state index in [1.54, 1.807) is 34.6 Å². The normalized spacial score (nSPS) is 14.1. The first kappa shape index (κ1) is 99.2. The number of ketones is 2. The summed E-state index contributed by atoms with van der Waals surface area (Å²) in [5, 5.41) is 23.7. The lowest BCUT2D eigenvalue weighted by molar-refractivity contribution is -0.156. The quantitative estimate of drug-likeness (QED) is 0.00404. The number of H-pyrrole nitrogens is 1. The number of nitrogens with zero attached hydrogens (tertiary/aromatic N) is 5. The van der Waals surface area contributed by atoms with Gasteiger partial charge in [0.15, 0.2) is 5.78 Å². The molecule has 7 aromatic rings. The molecule has 0 saturated heterocycles. The van der Waals surface area contributed by atoms with E-state index in [2.05, 4.69) is 203 Å². The Kier molecular flexibility index (Phi) is 42.2. The van der Waals surface area contributed by atoms with E-state index in [4.69, 9.17) is 43.8 Å². The third-order valence-corrected chi connectivity index (χ3v) is 32.1. The summed E-state index contributed by atoms with van der Waals surface area (Å²) < 4.78 is 38.7. The zero-order chi connectivity index (χ0) is 88.1. The number of benzene rings is 6. The van der Waals surface area contributed by atoms with E-state index in [0.29, 0.717) is 63.7 Å². The number of carboxylic acids is 1. The molecule has 3 atom stereocenters. The van der Waals surface area contributed by atoms with Crippen LogP contribution < -0.4 is 31.4 Å². The maximum Gasteiger partial charge on any atom is 0.329 e. The zero-order valence-corrected chi connectivity index (χ0v) is 75.7. The van der Waals surface area contributed by atoms with Gasteiger partial charge in [0, 0.05) is 47.0 Å². The summed E-state index contributed by atoms with van der Waals surface area (Å²) in [7, 11) is -4.93. The van der Waals surface area contributed by atoms with Crippen LogP contribution >= 0.6 is 0 Å². The Labute approximate surface area is 725 Å². The first-order chi connectivity index (χ1) is 58.5. The molecule has 0 aliphatic heterocycles. The van der Waals surface area contributed by atoms with Crippen molar-refractivity contribution in [1.29, 1.82) is 0 Å². The van der Waals surface area contributed by atoms with Crippen LogP contribution in [0.4, 0.5) is 0 Å². The van der Waals surface area contributed by atoms with Gasteiger partial charge in [-0.05, 0) is 139 Å². The second-order valence-corrected chi connectivity index (χ2v) is 43.5. The van der Waals surface area contributed by atoms with Crippen LogP contribution in [-0.2, 0) is 74.8 Å². The highest BCUT2D eigenvalue weighted by Crippen LogP contribution is 2.37. The number of rotatable bonds is 42. The molecule has 654 valence electrons. The Morgan fingerprint density at radius 1 is 0.533 bits per heavy atom. The largest absolute Gasteiger partial charge is 0.480 e. The number of aromatic nitrogens is 1. The Hall–Kier alpha value is -9.92. The number of aliphatic carboxylic acids is 1. The Morgan fingerprint density at radius 3 is 1.41 bits per heavy atom. The van der Waals surface area contributed by atoms with Crippen molar-refractivity contribution in [3.8, 4) is 22.9 Å². The fourth-order valence-corrected chi connectivity index (χ4v) is 24.4. The topological polar surface area (TPSA) is 301 Å². The first-order valence-corrected chi connectivity index (χ1v) is 47.1. The number of esters is 1. The van der Waals surface area contributed by atoms with Crippen molar-refractivity contribution < 1.29 is 67.0 Å². The van der Waals surface area contributed by atoms with Gasteiger partial charge < -0.3 is 53.9 Å². The predicted molar refractivity (Wildman–Crippen MR) is 489 cm³/mol. The number of aromatic amines is 1. The standard InChI is InChI=1S/C60H76N6O9Si.C25H32O5Si.C13H22N2/c1-58(2,3)75-56(70)42-52(64-55(69)43-74-36-35-73-34-33-72-32-21-37-76(59(4,5)6,48-25-14-10-15-26-48)49-27-16-11-17-28-49)54(68)41-46(40-47-39-45-24-18-19-29-51(45)63-47)57(71)65-60(7,8)50(38-44-22-12-9-13-23-44)53(67)30-20-31-62-66-61;1-25(2,3)31(22-11-6-4-7-12-22,23-13-8-5-9-14-23)20-10-15-28-16-17-29-18-19-30-21-24(26)27;1-3-7-12(8-4-1)14-11-15-13-9-5-2-6-10-13/h9-19,22-29,39,46,50,52,63H,20,30-36,38,40-43H2,1-8H3,(H,64,69)(H,65,71);4-9,11-14H,15-19,21H2,1-3H3,(H,26,27);12-13H,1-10H2/t46-,50+,52+;;/m1../s1. The molecule has 122 heavy (non-hydrogen) atoms. The van der Waals surface area contributed by atoms with Crippen molar-refractivity contribution in [2.45, 2.75) is 218 Å². The molecule has 2 amide bonds. The molecular formula is C98H130N8O14Si2. The molecule has 0 bridgehead atoms. The molecule has 9 rings (SSSR count). The van der Waals surface area contributed by atoms with Crippen LogP contribution in [0.15, 0.2) is 197 Å². The van der Waals surface area contributed by atoms with Crippen molar-refractivity contribution in [2.24, 2.45) is 26.9 Å². The predicted octanol–water partition coefficient (Wildman–Crippen LogP) is 15.1. The minimum Gasteiger partial charge on any atom is -0.480 e. The van der Waals surface area contributed by atoms with Crippen LogP contribution in [0, 0.1) is 34.8 Å². The number of aliphatic imine (C=N–C) groups is 2. The van der Waals surface area contributed by atoms with E-state index >= 15 is 0 Å². The Bertz CT molecular complexity index is 4450. The minimum absolute atomic E-state index is 0.0121. The summed E-state index contributed by atoms with van der Waals surface area (Å²) in [5.74, 6) is 1.44. The molecule has 0 spiro atoms. The van der Waals surface area contributed by atoms with Crippen LogP contribution in [0.3, 0.4) is 0 Å². The molecule has 0 unspecified atom stereocenters. The molecule has 2 aliphatic carbocycles. The van der Waals surface area contributed by atoms with Gasteiger partial charge in [0.25, 0.3) is 0 Å². The van der Waals surface area contributed by atoms with E-state index in [0.717, 1.165) is 16.5 Å². The summed E-state index contributed by atoms with van der Waals surface area (Å²) in [6.45, 7) is 24.5. The maximum atomic E-state index is 14.7. The fourth-order valence-electron chi connectivity index (χ4n) is 15.5. The van der Waals surface area contributed by atoms with E-state index in [1.165, 1.54) is 85.0 Å². The first-order valence-electron chi connectivity index (χ1n) is 43.1. The van der Waals surface area contributed by atoms with Crippen molar-refractivity contribution in [1.82, 2.24) is 15.6 Å². The van der Waals surface area contributed by atoms with Gasteiger partial charge in [0.2, 0.25) is 28.0 Å². The van der Waals surface area contributed by atoms with Crippen LogP contribution in [0.2, 0.25) is 10.1 Å². The van der Waals surface area contributed by atoms with Crippen molar-refractivity contribution >= 4 is 89.1 Å². The number of hydrogen-bond acceptors (Lipinski definition) is 16. The molecule has 2 fully saturated rings. The van der Waals surface area contributed by atoms with Crippen molar-refractivity contribution in [3.63, 3.8) is 0 Å². The smallest absolute Gasteiger partial charge is 0.329 e. The van der Waals surface area contributed by atoms with E-state index in [-0.39, 0.29) is 81.3 Å².